The second-order valence-corrected chi connectivity index (χ2v) is 8.88. The third-order valence-corrected chi connectivity index (χ3v) is 6.49. The van der Waals surface area contributed by atoms with E-state index < -0.39 is 0 Å². The number of rotatable bonds is 7. The number of carbonyl (C=O) groups excluding carboxylic acids is 1. The van der Waals surface area contributed by atoms with E-state index >= 15 is 0 Å². The first-order valence-electron chi connectivity index (χ1n) is 11.9. The lowest BCUT2D eigenvalue weighted by molar-refractivity contribution is -0.132. The molecule has 33 heavy (non-hydrogen) atoms. The van der Waals surface area contributed by atoms with Gasteiger partial charge in [0.25, 0.3) is 0 Å². The first-order chi connectivity index (χ1) is 16.0. The van der Waals surface area contributed by atoms with E-state index in [2.05, 4.69) is 36.1 Å². The number of amides is 1. The molecule has 0 unspecified atom stereocenters. The molecule has 0 atom stereocenters. The molecule has 5 nitrogen and oxygen atoms in total. The number of ether oxygens (including phenoxy) is 1. The molecule has 3 aromatic rings. The molecular weight excluding hydrogens is 434 g/mol. The highest BCUT2D eigenvalue weighted by Gasteiger charge is 2.24. The van der Waals surface area contributed by atoms with Gasteiger partial charge in [0.15, 0.2) is 0 Å². The Morgan fingerprint density at radius 2 is 1.76 bits per heavy atom. The lowest BCUT2D eigenvalue weighted by Gasteiger charge is -2.35. The summed E-state index contributed by atoms with van der Waals surface area (Å²) in [6.45, 7) is 6.12. The minimum Gasteiger partial charge on any atom is -0.487 e. The summed E-state index contributed by atoms with van der Waals surface area (Å²) in [5, 5.41) is 1.85. The van der Waals surface area contributed by atoms with Crippen molar-refractivity contribution >= 4 is 28.4 Å². The zero-order valence-corrected chi connectivity index (χ0v) is 21.0. The van der Waals surface area contributed by atoms with Crippen LogP contribution in [0.2, 0.25) is 5.02 Å². The van der Waals surface area contributed by atoms with Crippen LogP contribution in [0.3, 0.4) is 0 Å². The number of nitrogens with zero attached hydrogens (tertiary/aromatic N) is 2. The van der Waals surface area contributed by atoms with Gasteiger partial charge in [0.1, 0.15) is 12.4 Å². The summed E-state index contributed by atoms with van der Waals surface area (Å²) in [5.74, 6) is 1.01. The lowest BCUT2D eigenvalue weighted by Crippen LogP contribution is -2.44. The summed E-state index contributed by atoms with van der Waals surface area (Å²) in [4.78, 5) is 20.7. The van der Waals surface area contributed by atoms with Crippen molar-refractivity contribution in [1.82, 2.24) is 14.8 Å². The highest BCUT2D eigenvalue weighted by Crippen LogP contribution is 2.26. The predicted molar refractivity (Wildman–Crippen MR) is 137 cm³/mol. The van der Waals surface area contributed by atoms with Crippen molar-refractivity contribution in [2.24, 2.45) is 0 Å². The van der Waals surface area contributed by atoms with Crippen molar-refractivity contribution < 1.29 is 9.53 Å². The number of aromatic amines is 1. The van der Waals surface area contributed by atoms with Crippen LogP contribution in [0.1, 0.15) is 44.4 Å². The molecule has 0 spiro atoms. The quantitative estimate of drug-likeness (QED) is 0.467. The first-order valence-corrected chi connectivity index (χ1v) is 12.3. The maximum atomic E-state index is 12.9. The molecule has 2 aromatic carbocycles. The van der Waals surface area contributed by atoms with E-state index in [0.29, 0.717) is 30.5 Å². The Balaban J connectivity index is 0.00000149. The van der Waals surface area contributed by atoms with E-state index in [0.717, 1.165) is 48.3 Å². The Morgan fingerprint density at radius 1 is 1.09 bits per heavy atom. The molecule has 6 heteroatoms. The summed E-state index contributed by atoms with van der Waals surface area (Å²) < 4.78 is 5.98. The molecule has 1 aromatic heterocycles. The zero-order chi connectivity index (χ0) is 23.8. The number of hydrogen-bond donors (Lipinski definition) is 1. The van der Waals surface area contributed by atoms with E-state index in [1.165, 1.54) is 5.56 Å². The number of likely N-dealkylation sites (tertiary alicyclic amines) is 1. The van der Waals surface area contributed by atoms with E-state index in [1.54, 1.807) is 0 Å². The van der Waals surface area contributed by atoms with Gasteiger partial charge in [0.05, 0.1) is 5.69 Å². The predicted octanol–water partition coefficient (Wildman–Crippen LogP) is 5.91. The highest BCUT2D eigenvalue weighted by molar-refractivity contribution is 6.30. The van der Waals surface area contributed by atoms with E-state index in [9.17, 15) is 4.79 Å². The monoisotopic (exact) mass is 469 g/mol. The fourth-order valence-corrected chi connectivity index (χ4v) is 4.50. The molecule has 1 amide bonds. The van der Waals surface area contributed by atoms with Crippen molar-refractivity contribution in [3.05, 3.63) is 64.8 Å². The molecule has 0 bridgehead atoms. The molecule has 1 N–H and O–H groups in total. The third kappa shape index (κ3) is 6.52. The fourth-order valence-electron chi connectivity index (χ4n) is 4.37. The third-order valence-electron chi connectivity index (χ3n) is 6.24. The van der Waals surface area contributed by atoms with Gasteiger partial charge in [0, 0.05) is 41.5 Å². The van der Waals surface area contributed by atoms with Crippen LogP contribution in [0.15, 0.2) is 48.5 Å². The van der Waals surface area contributed by atoms with Gasteiger partial charge in [-0.2, -0.15) is 0 Å². The minimum atomic E-state index is 0.243. The minimum absolute atomic E-state index is 0.243. The van der Waals surface area contributed by atoms with Crippen molar-refractivity contribution in [1.29, 1.82) is 0 Å². The normalized spacial score (nSPS) is 14.3. The van der Waals surface area contributed by atoms with Gasteiger partial charge in [-0.15, -0.1) is 0 Å². The molecular formula is C27H36ClN3O2. The van der Waals surface area contributed by atoms with Crippen LogP contribution in [0.4, 0.5) is 0 Å². The largest absolute Gasteiger partial charge is 0.487 e. The average molecular weight is 470 g/mol. The molecule has 4 rings (SSSR count). The van der Waals surface area contributed by atoms with Gasteiger partial charge >= 0.3 is 0 Å². The second-order valence-electron chi connectivity index (χ2n) is 8.45. The van der Waals surface area contributed by atoms with Crippen LogP contribution >= 0.6 is 11.6 Å². The molecule has 1 fully saturated rings. The van der Waals surface area contributed by atoms with Gasteiger partial charge in [-0.3, -0.25) is 4.79 Å². The number of para-hydroxylation sites is 1. The Morgan fingerprint density at radius 3 is 2.42 bits per heavy atom. The Hall–Kier alpha value is -2.50. The Kier molecular flexibility index (Phi) is 9.21. The first kappa shape index (κ1) is 25.1. The van der Waals surface area contributed by atoms with Crippen LogP contribution < -0.4 is 4.74 Å². The summed E-state index contributed by atoms with van der Waals surface area (Å²) >= 11 is 5.97. The van der Waals surface area contributed by atoms with Crippen molar-refractivity contribution in [2.45, 2.75) is 52.2 Å². The van der Waals surface area contributed by atoms with Gasteiger partial charge in [-0.05, 0) is 69.3 Å². The fraction of sp³-hybridized carbons (Fsp3) is 0.444. The van der Waals surface area contributed by atoms with Crippen molar-refractivity contribution in [3.8, 4) is 5.75 Å². The molecule has 0 aliphatic carbocycles. The van der Waals surface area contributed by atoms with Crippen molar-refractivity contribution in [3.63, 3.8) is 0 Å². The van der Waals surface area contributed by atoms with Crippen LogP contribution in [0, 0.1) is 0 Å². The number of fused-ring (bicyclic) bond motifs is 1. The summed E-state index contributed by atoms with van der Waals surface area (Å²) in [7, 11) is 4.24. The number of carbonyl (C=O) groups is 1. The number of aryl methyl sites for hydroxylation is 1. The average Bonchev–Trinajstić information content (AvgIpc) is 3.21. The molecule has 0 radical (unpaired) electrons. The molecule has 1 saturated heterocycles. The number of benzene rings is 2. The number of aromatic nitrogens is 1. The number of piperidine rings is 1. The lowest BCUT2D eigenvalue weighted by atomic mass is 10.0. The summed E-state index contributed by atoms with van der Waals surface area (Å²) in [5.41, 5.74) is 3.27. The topological polar surface area (TPSA) is 48.6 Å². The smallest absolute Gasteiger partial charge is 0.222 e. The van der Waals surface area contributed by atoms with E-state index in [4.69, 9.17) is 16.3 Å². The highest BCUT2D eigenvalue weighted by atomic mass is 35.5. The van der Waals surface area contributed by atoms with Crippen molar-refractivity contribution in [2.75, 3.05) is 27.2 Å². The number of hydrogen-bond acceptors (Lipinski definition) is 3. The zero-order valence-electron chi connectivity index (χ0n) is 20.2. The van der Waals surface area contributed by atoms with Crippen LogP contribution in [-0.4, -0.2) is 53.9 Å². The molecule has 1 aliphatic heterocycles. The molecule has 0 saturated carbocycles. The number of H-pyrrole nitrogens is 1. The van der Waals surface area contributed by atoms with E-state index in [1.807, 2.05) is 55.1 Å². The van der Waals surface area contributed by atoms with Gasteiger partial charge in [0.2, 0.25) is 5.91 Å². The SMILES string of the molecule is CC.CN(C)C1CCN(C(=O)CCc2c(COc3ccc(Cl)cc3)[nH]c3ccccc23)CC1. The Labute approximate surface area is 202 Å². The van der Waals surface area contributed by atoms with Crippen LogP contribution in [0.25, 0.3) is 10.9 Å². The van der Waals surface area contributed by atoms with Crippen LogP contribution in [-0.2, 0) is 17.8 Å². The van der Waals surface area contributed by atoms with E-state index in [-0.39, 0.29) is 5.91 Å². The number of halogens is 1. The molecule has 2 heterocycles. The maximum absolute atomic E-state index is 12.9. The van der Waals surface area contributed by atoms with Gasteiger partial charge in [-0.1, -0.05) is 43.6 Å². The summed E-state index contributed by atoms with van der Waals surface area (Å²) in [6.07, 6.45) is 3.32. The Bertz CT molecular complexity index is 1020. The maximum Gasteiger partial charge on any atom is 0.222 e. The molecule has 1 aliphatic rings. The molecule has 178 valence electrons. The van der Waals surface area contributed by atoms with Gasteiger partial charge < -0.3 is 19.5 Å². The summed E-state index contributed by atoms with van der Waals surface area (Å²) in [6, 6.07) is 16.2. The standard InChI is InChI=1S/C25H30ClN3O2.C2H6/c1-28(2)19-13-15-29(16-14-19)25(30)12-11-22-21-5-3-4-6-23(21)27-24(22)17-31-20-9-7-18(26)8-10-20;1-2/h3-10,19,27H,11-17H2,1-2H3;1-2H3. The number of nitrogens with one attached hydrogen (secondary N) is 1. The van der Waals surface area contributed by atoms with Gasteiger partial charge in [-0.25, -0.2) is 0 Å². The van der Waals surface area contributed by atoms with Crippen LogP contribution in [0.5, 0.6) is 5.75 Å². The second kappa shape index (κ2) is 12.1.